The number of carbonyl (C=O) groups excluding carboxylic acids is 4. The number of carbonyl (C=O) groups is 4. The molecule has 2 aliphatic rings. The van der Waals surface area contributed by atoms with Gasteiger partial charge in [0.25, 0.3) is 5.91 Å². The van der Waals surface area contributed by atoms with Gasteiger partial charge in [-0.25, -0.2) is 0 Å². The lowest BCUT2D eigenvalue weighted by Crippen LogP contribution is -2.43. The van der Waals surface area contributed by atoms with Gasteiger partial charge in [0.2, 0.25) is 17.7 Å². The van der Waals surface area contributed by atoms with Crippen molar-refractivity contribution in [3.05, 3.63) is 65.2 Å². The molecule has 9 heteroatoms. The summed E-state index contributed by atoms with van der Waals surface area (Å²) in [4.78, 5) is 53.5. The van der Waals surface area contributed by atoms with Crippen molar-refractivity contribution in [3.63, 3.8) is 0 Å². The van der Waals surface area contributed by atoms with E-state index in [2.05, 4.69) is 16.0 Å². The van der Waals surface area contributed by atoms with Gasteiger partial charge in [-0.3, -0.25) is 19.2 Å². The first-order chi connectivity index (χ1) is 16.3. The van der Waals surface area contributed by atoms with Crippen LogP contribution < -0.4 is 16.0 Å². The zero-order valence-corrected chi connectivity index (χ0v) is 19.3. The molecule has 1 fully saturated rings. The maximum Gasteiger partial charge on any atom is 0.255 e. The molecule has 1 saturated carbocycles. The molecule has 1 heterocycles. The number of hydrogen-bond donors (Lipinski definition) is 3. The van der Waals surface area contributed by atoms with Crippen LogP contribution in [-0.4, -0.2) is 66.7 Å². The number of hydrogen-bond acceptors (Lipinski definition) is 5. The van der Waals surface area contributed by atoms with E-state index in [1.54, 1.807) is 46.2 Å². The summed E-state index contributed by atoms with van der Waals surface area (Å²) in [6, 6.07) is 13.7. The number of likely N-dealkylation sites (N-methyl/N-ethyl adjacent to an activating group) is 1. The third-order valence-electron chi connectivity index (χ3n) is 5.77. The van der Waals surface area contributed by atoms with Crippen molar-refractivity contribution in [3.8, 4) is 0 Å². The second-order valence-electron chi connectivity index (χ2n) is 8.91. The van der Waals surface area contributed by atoms with Gasteiger partial charge >= 0.3 is 0 Å². The fourth-order valence-corrected chi connectivity index (χ4v) is 4.11. The van der Waals surface area contributed by atoms with Crippen molar-refractivity contribution in [2.45, 2.75) is 31.5 Å². The van der Waals surface area contributed by atoms with Gasteiger partial charge < -0.3 is 25.8 Å². The van der Waals surface area contributed by atoms with E-state index in [1.807, 2.05) is 26.2 Å². The highest BCUT2D eigenvalue weighted by Crippen LogP contribution is 2.41. The molecule has 1 aliphatic heterocycles. The Morgan fingerprint density at radius 3 is 2.50 bits per heavy atom. The first kappa shape index (κ1) is 23.4. The molecule has 1 atom stereocenters. The van der Waals surface area contributed by atoms with Crippen molar-refractivity contribution in [2.24, 2.45) is 0 Å². The number of nitrogens with one attached hydrogen (secondary N) is 3. The number of amides is 4. The number of anilines is 1. The predicted molar refractivity (Wildman–Crippen MR) is 127 cm³/mol. The summed E-state index contributed by atoms with van der Waals surface area (Å²) in [7, 11) is 3.63. The minimum atomic E-state index is -0.702. The first-order valence-corrected chi connectivity index (χ1v) is 11.3. The molecule has 3 N–H and O–H groups in total. The topological polar surface area (TPSA) is 111 Å². The highest BCUT2D eigenvalue weighted by atomic mass is 16.2. The normalized spacial score (nSPS) is 16.9. The molecule has 0 saturated heterocycles. The van der Waals surface area contributed by atoms with E-state index >= 15 is 0 Å². The Kier molecular flexibility index (Phi) is 6.93. The van der Waals surface area contributed by atoms with Crippen LogP contribution in [0.2, 0.25) is 0 Å². The second kappa shape index (κ2) is 10.0. The van der Waals surface area contributed by atoms with Crippen LogP contribution >= 0.6 is 0 Å². The maximum atomic E-state index is 13.0. The van der Waals surface area contributed by atoms with Gasteiger partial charge in [0, 0.05) is 23.8 Å². The Bertz CT molecular complexity index is 1110. The van der Waals surface area contributed by atoms with Gasteiger partial charge in [-0.15, -0.1) is 0 Å². The van der Waals surface area contributed by atoms with E-state index < -0.39 is 6.04 Å². The summed E-state index contributed by atoms with van der Waals surface area (Å²) >= 11 is 0. The molecule has 0 aromatic heterocycles. The minimum Gasteiger partial charge on any atom is -0.350 e. The number of rotatable bonds is 9. The number of benzene rings is 2. The lowest BCUT2D eigenvalue weighted by molar-refractivity contribution is -0.129. The fourth-order valence-electron chi connectivity index (χ4n) is 4.11. The van der Waals surface area contributed by atoms with Crippen LogP contribution in [0.3, 0.4) is 0 Å². The van der Waals surface area contributed by atoms with Gasteiger partial charge in [-0.2, -0.15) is 0 Å². The summed E-state index contributed by atoms with van der Waals surface area (Å²) in [6.07, 6.45) is 1.78. The predicted octanol–water partition coefficient (Wildman–Crippen LogP) is 1.28. The molecular weight excluding hydrogens is 434 g/mol. The van der Waals surface area contributed by atoms with Gasteiger partial charge in [-0.1, -0.05) is 30.3 Å². The smallest absolute Gasteiger partial charge is 0.255 e. The Morgan fingerprint density at radius 2 is 1.76 bits per heavy atom. The molecule has 2 aromatic rings. The summed E-state index contributed by atoms with van der Waals surface area (Å²) in [5, 5.41) is 8.28. The van der Waals surface area contributed by atoms with E-state index in [0.29, 0.717) is 16.8 Å². The van der Waals surface area contributed by atoms with Gasteiger partial charge in [0.15, 0.2) is 0 Å². The van der Waals surface area contributed by atoms with Crippen LogP contribution in [-0.2, 0) is 20.9 Å². The summed E-state index contributed by atoms with van der Waals surface area (Å²) in [5.74, 6) is -0.946. The van der Waals surface area contributed by atoms with Gasteiger partial charge in [0.05, 0.1) is 13.1 Å². The third kappa shape index (κ3) is 5.43. The van der Waals surface area contributed by atoms with Gasteiger partial charge in [0.1, 0.15) is 6.04 Å². The zero-order chi connectivity index (χ0) is 24.2. The zero-order valence-electron chi connectivity index (χ0n) is 19.3. The standard InChI is InChI=1S/C25H29N5O4/c1-29(2)15-22(32)28-17-7-5-6-16(12-17)13-26-21(31)14-27-24(33)23-19-8-3-4-9-20(19)25(34)30(23)18-10-11-18/h3-9,12,18,23H,10-11,13-15H2,1-2H3,(H,26,31)(H,27,33)(H,28,32). The SMILES string of the molecule is CN(C)CC(=O)Nc1cccc(CNC(=O)CNC(=O)C2c3ccccc3C(=O)N2C2CC2)c1. The maximum absolute atomic E-state index is 13.0. The molecule has 0 bridgehead atoms. The van der Waals surface area contributed by atoms with E-state index in [1.165, 1.54) is 0 Å². The molecule has 34 heavy (non-hydrogen) atoms. The molecule has 0 radical (unpaired) electrons. The molecule has 4 rings (SSSR count). The summed E-state index contributed by atoms with van der Waals surface area (Å²) in [5.41, 5.74) is 2.70. The molecule has 0 spiro atoms. The summed E-state index contributed by atoms with van der Waals surface area (Å²) < 4.78 is 0. The van der Waals surface area contributed by atoms with Crippen molar-refractivity contribution in [1.82, 2.24) is 20.4 Å². The monoisotopic (exact) mass is 463 g/mol. The van der Waals surface area contributed by atoms with E-state index in [0.717, 1.165) is 18.4 Å². The largest absolute Gasteiger partial charge is 0.350 e. The van der Waals surface area contributed by atoms with Crippen molar-refractivity contribution in [2.75, 3.05) is 32.5 Å². The molecular formula is C25H29N5O4. The van der Waals surface area contributed by atoms with Gasteiger partial charge in [-0.05, 0) is 56.3 Å². The van der Waals surface area contributed by atoms with Crippen LogP contribution in [0, 0.1) is 0 Å². The average Bonchev–Trinajstić information content (AvgIpc) is 3.59. The molecule has 178 valence electrons. The lowest BCUT2D eigenvalue weighted by Gasteiger charge is -2.24. The van der Waals surface area contributed by atoms with Crippen LogP contribution in [0.5, 0.6) is 0 Å². The van der Waals surface area contributed by atoms with Crippen molar-refractivity contribution in [1.29, 1.82) is 0 Å². The minimum absolute atomic E-state index is 0.0787. The highest BCUT2D eigenvalue weighted by molar-refractivity contribution is 6.05. The van der Waals surface area contributed by atoms with Crippen LogP contribution in [0.15, 0.2) is 48.5 Å². The Balaban J connectivity index is 1.30. The molecule has 1 unspecified atom stereocenters. The molecule has 1 aliphatic carbocycles. The van der Waals surface area contributed by atoms with Crippen molar-refractivity contribution < 1.29 is 19.2 Å². The number of fused-ring (bicyclic) bond motifs is 1. The second-order valence-corrected chi connectivity index (χ2v) is 8.91. The Morgan fingerprint density at radius 1 is 1.00 bits per heavy atom. The quantitative estimate of drug-likeness (QED) is 0.519. The summed E-state index contributed by atoms with van der Waals surface area (Å²) in [6.45, 7) is 0.338. The molecule has 9 nitrogen and oxygen atoms in total. The third-order valence-corrected chi connectivity index (χ3v) is 5.77. The highest BCUT2D eigenvalue weighted by Gasteiger charge is 2.47. The molecule has 4 amide bonds. The fraction of sp³-hybridized carbons (Fsp3) is 0.360. The Labute approximate surface area is 198 Å². The first-order valence-electron chi connectivity index (χ1n) is 11.3. The molecule has 2 aromatic carbocycles. The van der Waals surface area contributed by atoms with Crippen LogP contribution in [0.4, 0.5) is 5.69 Å². The van der Waals surface area contributed by atoms with Crippen LogP contribution in [0.25, 0.3) is 0 Å². The van der Waals surface area contributed by atoms with E-state index in [-0.39, 0.29) is 49.3 Å². The van der Waals surface area contributed by atoms with Crippen molar-refractivity contribution >= 4 is 29.3 Å². The van der Waals surface area contributed by atoms with E-state index in [4.69, 9.17) is 0 Å². The van der Waals surface area contributed by atoms with E-state index in [9.17, 15) is 19.2 Å². The average molecular weight is 464 g/mol. The van der Waals surface area contributed by atoms with Crippen LogP contribution in [0.1, 0.15) is 40.4 Å². The number of nitrogens with zero attached hydrogens (tertiary/aromatic N) is 2. The Hall–Kier alpha value is -3.72. The lowest BCUT2D eigenvalue weighted by atomic mass is 10.0.